The van der Waals surface area contributed by atoms with Crippen LogP contribution in [-0.2, 0) is 23.1 Å². The first-order chi connectivity index (χ1) is 25.9. The molecule has 4 heterocycles. The standard InChI is InChI=1S/C38H44FN9O5S/c1-25(46-15-17-48(18-16-46)54(6,49)50)29-19-33(35(40-21-29)44-30-20-34(39)37(53-5)41-22-30)36-42-26(2)43-38(45-36)47(23-27-7-11-31(51-3)12-8-27)24-28-9-13-32(52-4)14-10-28/h7-14,19-22,25H,15-18,23-24H2,1-6H3,(H,40,44). The lowest BCUT2D eigenvalue weighted by atomic mass is 10.1. The van der Waals surface area contributed by atoms with Gasteiger partial charge in [0.05, 0.1) is 45.0 Å². The number of sulfonamides is 1. The molecule has 1 atom stereocenters. The van der Waals surface area contributed by atoms with Gasteiger partial charge in [0.2, 0.25) is 21.9 Å². The van der Waals surface area contributed by atoms with Crippen LogP contribution in [0.2, 0.25) is 0 Å². The van der Waals surface area contributed by atoms with Gasteiger partial charge in [0, 0.05) is 57.6 Å². The first-order valence-corrected chi connectivity index (χ1v) is 19.2. The summed E-state index contributed by atoms with van der Waals surface area (Å²) in [7, 11) is 1.34. The van der Waals surface area contributed by atoms with Crippen LogP contribution < -0.4 is 24.4 Å². The van der Waals surface area contributed by atoms with Crippen molar-refractivity contribution in [1.82, 2.24) is 34.1 Å². The number of hydrogen-bond donors (Lipinski definition) is 1. The van der Waals surface area contributed by atoms with Gasteiger partial charge in [-0.3, -0.25) is 4.90 Å². The highest BCUT2D eigenvalue weighted by Crippen LogP contribution is 2.33. The van der Waals surface area contributed by atoms with Crippen molar-refractivity contribution in [1.29, 1.82) is 0 Å². The van der Waals surface area contributed by atoms with Crippen molar-refractivity contribution in [3.05, 3.63) is 101 Å². The van der Waals surface area contributed by atoms with Crippen LogP contribution in [-0.4, -0.2) is 96.3 Å². The van der Waals surface area contributed by atoms with E-state index in [9.17, 15) is 12.8 Å². The Morgan fingerprint density at radius 3 is 1.98 bits per heavy atom. The van der Waals surface area contributed by atoms with Crippen LogP contribution in [0.5, 0.6) is 17.4 Å². The van der Waals surface area contributed by atoms with Crippen molar-refractivity contribution in [2.45, 2.75) is 33.0 Å². The normalized spacial score (nSPS) is 14.4. The van der Waals surface area contributed by atoms with E-state index < -0.39 is 15.8 Å². The molecule has 2 aromatic carbocycles. The number of anilines is 3. The van der Waals surface area contributed by atoms with E-state index in [4.69, 9.17) is 34.1 Å². The number of hydrogen-bond acceptors (Lipinski definition) is 13. The van der Waals surface area contributed by atoms with Gasteiger partial charge in [0.25, 0.3) is 0 Å². The average molecular weight is 758 g/mol. The number of nitrogens with one attached hydrogen (secondary N) is 1. The zero-order chi connectivity index (χ0) is 38.4. The van der Waals surface area contributed by atoms with Crippen LogP contribution in [0.1, 0.15) is 35.5 Å². The zero-order valence-corrected chi connectivity index (χ0v) is 32.0. The Balaban J connectivity index is 1.40. The average Bonchev–Trinajstić information content (AvgIpc) is 3.17. The summed E-state index contributed by atoms with van der Waals surface area (Å²) in [6.45, 7) is 6.74. The predicted molar refractivity (Wildman–Crippen MR) is 204 cm³/mol. The number of piperazine rings is 1. The molecule has 1 fully saturated rings. The first-order valence-electron chi connectivity index (χ1n) is 17.3. The Morgan fingerprint density at radius 2 is 1.44 bits per heavy atom. The molecule has 54 heavy (non-hydrogen) atoms. The van der Waals surface area contributed by atoms with Gasteiger partial charge in [-0.15, -0.1) is 0 Å². The monoisotopic (exact) mass is 757 g/mol. The number of aromatic nitrogens is 5. The van der Waals surface area contributed by atoms with Gasteiger partial charge in [0.1, 0.15) is 23.1 Å². The topological polar surface area (TPSA) is 148 Å². The number of ether oxygens (including phenoxy) is 3. The van der Waals surface area contributed by atoms with E-state index in [1.165, 1.54) is 29.9 Å². The van der Waals surface area contributed by atoms with E-state index in [1.807, 2.05) is 61.5 Å². The summed E-state index contributed by atoms with van der Waals surface area (Å²) in [5.41, 5.74) is 3.83. The van der Waals surface area contributed by atoms with Gasteiger partial charge in [-0.1, -0.05) is 24.3 Å². The number of methoxy groups -OCH3 is 3. The number of aryl methyl sites for hydroxylation is 1. The predicted octanol–water partition coefficient (Wildman–Crippen LogP) is 5.39. The van der Waals surface area contributed by atoms with Crippen molar-refractivity contribution in [3.8, 4) is 28.8 Å². The molecule has 284 valence electrons. The maximum atomic E-state index is 14.7. The molecule has 1 saturated heterocycles. The summed E-state index contributed by atoms with van der Waals surface area (Å²) in [5.74, 6) is 2.43. The molecule has 16 heteroatoms. The molecule has 5 aromatic rings. The van der Waals surface area contributed by atoms with Gasteiger partial charge in [-0.2, -0.15) is 14.3 Å². The van der Waals surface area contributed by atoms with Crippen molar-refractivity contribution in [2.24, 2.45) is 0 Å². The third kappa shape index (κ3) is 9.18. The highest BCUT2D eigenvalue weighted by molar-refractivity contribution is 7.88. The summed E-state index contributed by atoms with van der Waals surface area (Å²) >= 11 is 0. The van der Waals surface area contributed by atoms with Gasteiger partial charge < -0.3 is 24.4 Å². The van der Waals surface area contributed by atoms with E-state index >= 15 is 0 Å². The molecule has 1 aliphatic rings. The van der Waals surface area contributed by atoms with E-state index in [0.717, 1.165) is 28.2 Å². The smallest absolute Gasteiger partial charge is 0.250 e. The number of nitrogens with zero attached hydrogens (tertiary/aromatic N) is 8. The molecule has 1 aliphatic heterocycles. The maximum Gasteiger partial charge on any atom is 0.250 e. The molecule has 0 radical (unpaired) electrons. The lowest BCUT2D eigenvalue weighted by Crippen LogP contribution is -2.48. The van der Waals surface area contributed by atoms with Gasteiger partial charge in [-0.05, 0) is 60.9 Å². The molecule has 0 saturated carbocycles. The third-order valence-electron chi connectivity index (χ3n) is 9.27. The molecular formula is C38H44FN9O5S. The Morgan fingerprint density at radius 1 is 0.833 bits per heavy atom. The Labute approximate surface area is 315 Å². The molecule has 14 nitrogen and oxygen atoms in total. The highest BCUT2D eigenvalue weighted by atomic mass is 32.2. The number of pyridine rings is 2. The fourth-order valence-electron chi connectivity index (χ4n) is 6.22. The summed E-state index contributed by atoms with van der Waals surface area (Å²) in [6, 6.07) is 18.8. The van der Waals surface area contributed by atoms with Crippen LogP contribution in [0, 0.1) is 12.7 Å². The van der Waals surface area contributed by atoms with Crippen molar-refractivity contribution in [3.63, 3.8) is 0 Å². The highest BCUT2D eigenvalue weighted by Gasteiger charge is 2.28. The lowest BCUT2D eigenvalue weighted by Gasteiger charge is -2.37. The second-order valence-corrected chi connectivity index (χ2v) is 14.9. The van der Waals surface area contributed by atoms with E-state index in [2.05, 4.69) is 27.0 Å². The maximum absolute atomic E-state index is 14.7. The lowest BCUT2D eigenvalue weighted by molar-refractivity contribution is 0.146. The van der Waals surface area contributed by atoms with E-state index in [0.29, 0.717) is 73.9 Å². The number of halogens is 1. The second-order valence-electron chi connectivity index (χ2n) is 12.9. The SMILES string of the molecule is COc1ccc(CN(Cc2ccc(OC)cc2)c2nc(C)nc(-c3cc(C(C)N4CCN(S(C)(=O)=O)CC4)cnc3Nc3cnc(OC)c(F)c3)n2)cc1. The molecule has 0 amide bonds. The first kappa shape index (κ1) is 38.3. The van der Waals surface area contributed by atoms with Crippen LogP contribution in [0.3, 0.4) is 0 Å². The largest absolute Gasteiger partial charge is 0.497 e. The molecule has 0 spiro atoms. The van der Waals surface area contributed by atoms with E-state index in [-0.39, 0.29) is 11.9 Å². The number of rotatable bonds is 14. The molecule has 3 aromatic heterocycles. The summed E-state index contributed by atoms with van der Waals surface area (Å²) in [5, 5.41) is 3.21. The molecular weight excluding hydrogens is 714 g/mol. The Hall–Kier alpha value is -5.45. The van der Waals surface area contributed by atoms with Crippen molar-refractivity contribution in [2.75, 3.05) is 64.0 Å². The van der Waals surface area contributed by atoms with Gasteiger partial charge >= 0.3 is 0 Å². The summed E-state index contributed by atoms with van der Waals surface area (Å²) in [6.07, 6.45) is 4.44. The summed E-state index contributed by atoms with van der Waals surface area (Å²) in [4.78, 5) is 27.8. The number of benzene rings is 2. The minimum atomic E-state index is -3.28. The van der Waals surface area contributed by atoms with Crippen LogP contribution >= 0.6 is 0 Å². The Bertz CT molecular complexity index is 2120. The summed E-state index contributed by atoms with van der Waals surface area (Å²) < 4.78 is 56.3. The van der Waals surface area contributed by atoms with Gasteiger partial charge in [-0.25, -0.2) is 27.8 Å². The molecule has 0 aliphatic carbocycles. The molecule has 0 bridgehead atoms. The van der Waals surface area contributed by atoms with E-state index in [1.54, 1.807) is 20.4 Å². The van der Waals surface area contributed by atoms with Gasteiger partial charge in [0.15, 0.2) is 11.6 Å². The minimum absolute atomic E-state index is 0.115. The second kappa shape index (κ2) is 16.7. The fraction of sp³-hybridized carbons (Fsp3) is 0.342. The molecule has 1 unspecified atom stereocenters. The Kier molecular flexibility index (Phi) is 11.8. The third-order valence-corrected chi connectivity index (χ3v) is 10.6. The quantitative estimate of drug-likeness (QED) is 0.155. The molecule has 6 rings (SSSR count). The molecule has 1 N–H and O–H groups in total. The van der Waals surface area contributed by atoms with Crippen molar-refractivity contribution < 1.29 is 27.0 Å². The van der Waals surface area contributed by atoms with Crippen LogP contribution in [0.4, 0.5) is 21.8 Å². The zero-order valence-electron chi connectivity index (χ0n) is 31.2. The fourth-order valence-corrected chi connectivity index (χ4v) is 7.05. The van der Waals surface area contributed by atoms with Crippen LogP contribution in [0.25, 0.3) is 11.4 Å². The van der Waals surface area contributed by atoms with Crippen molar-refractivity contribution >= 4 is 27.5 Å². The minimum Gasteiger partial charge on any atom is -0.497 e. The van der Waals surface area contributed by atoms with Crippen LogP contribution in [0.15, 0.2) is 73.1 Å².